The number of amides is 1. The maximum Gasteiger partial charge on any atom is 0.245 e. The van der Waals surface area contributed by atoms with Crippen LogP contribution in [0.1, 0.15) is 43.0 Å². The first-order valence-corrected chi connectivity index (χ1v) is 9.50. The van der Waals surface area contributed by atoms with Crippen molar-refractivity contribution in [1.29, 1.82) is 0 Å². The Bertz CT molecular complexity index is 906. The molecule has 1 atom stereocenters. The summed E-state index contributed by atoms with van der Waals surface area (Å²) in [5.41, 5.74) is 4.81. The first-order chi connectivity index (χ1) is 13.1. The van der Waals surface area contributed by atoms with Gasteiger partial charge in [-0.1, -0.05) is 29.8 Å². The minimum absolute atomic E-state index is 0.162. The van der Waals surface area contributed by atoms with E-state index in [1.807, 2.05) is 28.8 Å². The number of piperidine rings is 1. The topological polar surface area (TPSA) is 66.8 Å². The van der Waals surface area contributed by atoms with Gasteiger partial charge >= 0.3 is 0 Å². The molecule has 0 spiro atoms. The molecule has 3 aromatic rings. The van der Waals surface area contributed by atoms with Crippen LogP contribution in [0.5, 0.6) is 0 Å². The molecule has 1 N–H and O–H groups in total. The molecule has 1 amide bonds. The Morgan fingerprint density at radius 2 is 2.11 bits per heavy atom. The minimum atomic E-state index is -0.209. The van der Waals surface area contributed by atoms with Crippen molar-refractivity contribution in [1.82, 2.24) is 24.6 Å². The van der Waals surface area contributed by atoms with Crippen molar-refractivity contribution in [2.45, 2.75) is 38.6 Å². The van der Waals surface area contributed by atoms with Crippen LogP contribution in [0, 0.1) is 6.92 Å². The second-order valence-corrected chi connectivity index (χ2v) is 7.35. The molecule has 0 bridgehead atoms. The summed E-state index contributed by atoms with van der Waals surface area (Å²) < 4.78 is 1.86. The monoisotopic (exact) mass is 363 g/mol. The number of H-pyrrole nitrogens is 1. The zero-order valence-electron chi connectivity index (χ0n) is 15.8. The van der Waals surface area contributed by atoms with Gasteiger partial charge in [-0.25, -0.2) is 4.98 Å². The number of nitrogens with zero attached hydrogens (tertiary/aromatic N) is 4. The molecule has 4 rings (SSSR count). The van der Waals surface area contributed by atoms with E-state index in [1.54, 1.807) is 12.5 Å². The molecule has 6 heteroatoms. The highest BCUT2D eigenvalue weighted by atomic mass is 16.2. The predicted octanol–water partition coefficient (Wildman–Crippen LogP) is 3.55. The third-order valence-corrected chi connectivity index (χ3v) is 5.54. The zero-order valence-corrected chi connectivity index (χ0v) is 15.8. The van der Waals surface area contributed by atoms with Crippen LogP contribution in [0.15, 0.2) is 49.2 Å². The summed E-state index contributed by atoms with van der Waals surface area (Å²) in [5.74, 6) is 0.561. The number of hydrogen-bond donors (Lipinski definition) is 1. The maximum atomic E-state index is 12.8. The lowest BCUT2D eigenvalue weighted by atomic mass is 9.89. The highest BCUT2D eigenvalue weighted by molar-refractivity contribution is 5.80. The van der Waals surface area contributed by atoms with Gasteiger partial charge < -0.3 is 9.47 Å². The fraction of sp³-hybridized carbons (Fsp3) is 0.381. The molecule has 1 aromatic carbocycles. The van der Waals surface area contributed by atoms with Crippen molar-refractivity contribution >= 4 is 5.91 Å². The van der Waals surface area contributed by atoms with E-state index in [0.29, 0.717) is 5.92 Å². The molecule has 1 aliphatic rings. The normalized spacial score (nSPS) is 16.4. The number of aromatic nitrogens is 4. The molecule has 0 saturated carbocycles. The van der Waals surface area contributed by atoms with Crippen molar-refractivity contribution in [2.75, 3.05) is 13.1 Å². The third kappa shape index (κ3) is 3.52. The second kappa shape index (κ2) is 7.39. The van der Waals surface area contributed by atoms with Gasteiger partial charge in [0.2, 0.25) is 5.91 Å². The van der Waals surface area contributed by atoms with Crippen molar-refractivity contribution in [3.05, 3.63) is 60.4 Å². The summed E-state index contributed by atoms with van der Waals surface area (Å²) in [4.78, 5) is 18.8. The Kier molecular flexibility index (Phi) is 4.79. The summed E-state index contributed by atoms with van der Waals surface area (Å²) in [6, 6.07) is 8.31. The van der Waals surface area contributed by atoms with Gasteiger partial charge in [0.1, 0.15) is 6.04 Å². The van der Waals surface area contributed by atoms with E-state index in [1.165, 1.54) is 22.4 Å². The molecule has 1 aliphatic heterocycles. The molecule has 1 fully saturated rings. The Morgan fingerprint density at radius 3 is 2.81 bits per heavy atom. The Labute approximate surface area is 159 Å². The molecule has 0 radical (unpaired) electrons. The first kappa shape index (κ1) is 17.5. The number of imidazole rings is 1. The molecule has 6 nitrogen and oxygen atoms in total. The summed E-state index contributed by atoms with van der Waals surface area (Å²) in [6.45, 7) is 5.58. The van der Waals surface area contributed by atoms with E-state index in [2.05, 4.69) is 46.4 Å². The van der Waals surface area contributed by atoms with Gasteiger partial charge in [-0.15, -0.1) is 0 Å². The number of nitrogens with one attached hydrogen (secondary N) is 1. The first-order valence-electron chi connectivity index (χ1n) is 9.50. The van der Waals surface area contributed by atoms with Gasteiger partial charge in [-0.3, -0.25) is 9.89 Å². The van der Waals surface area contributed by atoms with Crippen LogP contribution in [-0.2, 0) is 4.79 Å². The number of aryl methyl sites for hydroxylation is 1. The van der Waals surface area contributed by atoms with E-state index >= 15 is 0 Å². The highest BCUT2D eigenvalue weighted by Crippen LogP contribution is 2.34. The molecular formula is C21H25N5O. The smallest absolute Gasteiger partial charge is 0.245 e. The molecule has 27 heavy (non-hydrogen) atoms. The van der Waals surface area contributed by atoms with Crippen molar-refractivity contribution in [3.8, 4) is 11.1 Å². The van der Waals surface area contributed by atoms with Crippen molar-refractivity contribution in [3.63, 3.8) is 0 Å². The van der Waals surface area contributed by atoms with E-state index < -0.39 is 0 Å². The largest absolute Gasteiger partial charge is 0.341 e. The minimum Gasteiger partial charge on any atom is -0.341 e. The zero-order chi connectivity index (χ0) is 18.8. The van der Waals surface area contributed by atoms with E-state index in [4.69, 9.17) is 0 Å². The summed E-state index contributed by atoms with van der Waals surface area (Å²) in [6.07, 6.45) is 9.07. The lowest BCUT2D eigenvalue weighted by Crippen LogP contribution is -2.41. The van der Waals surface area contributed by atoms with Crippen molar-refractivity contribution in [2.24, 2.45) is 0 Å². The van der Waals surface area contributed by atoms with Crippen LogP contribution in [0.3, 0.4) is 0 Å². The number of benzene rings is 1. The molecule has 140 valence electrons. The average Bonchev–Trinajstić information content (AvgIpc) is 3.39. The fourth-order valence-corrected chi connectivity index (χ4v) is 3.93. The number of aromatic amines is 1. The van der Waals surface area contributed by atoms with Crippen molar-refractivity contribution < 1.29 is 4.79 Å². The lowest BCUT2D eigenvalue weighted by molar-refractivity contribution is -0.135. The van der Waals surface area contributed by atoms with Crippen LogP contribution in [0.4, 0.5) is 0 Å². The SMILES string of the molecule is Cc1cccc(-c2cn[nH]c2C2CCN(C(=O)C(C)n3ccnc3)CC2)c1. The Balaban J connectivity index is 1.45. The molecule has 0 aliphatic carbocycles. The van der Waals surface area contributed by atoms with E-state index in [-0.39, 0.29) is 11.9 Å². The second-order valence-electron chi connectivity index (χ2n) is 7.35. The molecule has 1 unspecified atom stereocenters. The van der Waals surface area contributed by atoms with Crippen LogP contribution in [-0.4, -0.2) is 43.6 Å². The van der Waals surface area contributed by atoms with Gasteiger partial charge in [0.15, 0.2) is 0 Å². The maximum absolute atomic E-state index is 12.8. The van der Waals surface area contributed by atoms with E-state index in [0.717, 1.165) is 25.9 Å². The summed E-state index contributed by atoms with van der Waals surface area (Å²) in [7, 11) is 0. The van der Waals surface area contributed by atoms with Gasteiger partial charge in [0, 0.05) is 42.7 Å². The van der Waals surface area contributed by atoms with Crippen LogP contribution in [0.2, 0.25) is 0 Å². The molecule has 3 heterocycles. The highest BCUT2D eigenvalue weighted by Gasteiger charge is 2.29. The number of likely N-dealkylation sites (tertiary alicyclic amines) is 1. The lowest BCUT2D eigenvalue weighted by Gasteiger charge is -2.33. The Morgan fingerprint density at radius 1 is 1.30 bits per heavy atom. The number of carbonyl (C=O) groups excluding carboxylic acids is 1. The molecule has 1 saturated heterocycles. The summed E-state index contributed by atoms with van der Waals surface area (Å²) >= 11 is 0. The fourth-order valence-electron chi connectivity index (χ4n) is 3.93. The van der Waals surface area contributed by atoms with E-state index in [9.17, 15) is 4.79 Å². The molecular weight excluding hydrogens is 338 g/mol. The van der Waals surface area contributed by atoms with Crippen LogP contribution >= 0.6 is 0 Å². The van der Waals surface area contributed by atoms with Gasteiger partial charge in [0.05, 0.1) is 12.5 Å². The van der Waals surface area contributed by atoms with Gasteiger partial charge in [-0.05, 0) is 32.3 Å². The van der Waals surface area contributed by atoms with Gasteiger partial charge in [-0.2, -0.15) is 5.10 Å². The Hall–Kier alpha value is -2.89. The van der Waals surface area contributed by atoms with Crippen LogP contribution < -0.4 is 0 Å². The molecule has 2 aromatic heterocycles. The number of hydrogen-bond acceptors (Lipinski definition) is 3. The standard InChI is InChI=1S/C21H25N5O/c1-15-4-3-5-18(12-15)19-13-23-24-20(19)17-6-9-25(10-7-17)21(27)16(2)26-11-8-22-14-26/h3-5,8,11-14,16-17H,6-7,9-10H2,1-2H3,(H,23,24). The third-order valence-electron chi connectivity index (χ3n) is 5.54. The number of carbonyl (C=O) groups is 1. The quantitative estimate of drug-likeness (QED) is 0.771. The predicted molar refractivity (Wildman–Crippen MR) is 104 cm³/mol. The average molecular weight is 363 g/mol. The van der Waals surface area contributed by atoms with Gasteiger partial charge in [0.25, 0.3) is 0 Å². The van der Waals surface area contributed by atoms with Crippen LogP contribution in [0.25, 0.3) is 11.1 Å². The summed E-state index contributed by atoms with van der Waals surface area (Å²) in [5, 5.41) is 7.52. The number of rotatable bonds is 4.